The molecule has 0 bridgehead atoms. The van der Waals surface area contributed by atoms with E-state index >= 15 is 0 Å². The fraction of sp³-hybridized carbons (Fsp3) is 0.611. The lowest BCUT2D eigenvalue weighted by atomic mass is 9.88. The molecular weight excluding hydrogens is 292 g/mol. The van der Waals surface area contributed by atoms with Crippen molar-refractivity contribution in [3.8, 4) is 0 Å². The van der Waals surface area contributed by atoms with Crippen molar-refractivity contribution in [2.24, 2.45) is 0 Å². The number of likely N-dealkylation sites (tertiary alicyclic amines) is 1. The minimum Gasteiger partial charge on any atom is -0.381 e. The van der Waals surface area contributed by atoms with E-state index in [0.717, 1.165) is 39.1 Å². The summed E-state index contributed by atoms with van der Waals surface area (Å²) in [6.45, 7) is 4.26. The van der Waals surface area contributed by atoms with Gasteiger partial charge in [-0.1, -0.05) is 30.3 Å². The number of aliphatic hydroxyl groups is 1. The number of nitrogens with zero attached hydrogens (tertiary/aromatic N) is 1. The average Bonchev–Trinajstić information content (AvgIpc) is 3.16. The van der Waals surface area contributed by atoms with Crippen molar-refractivity contribution in [1.29, 1.82) is 0 Å². The first-order valence-electron chi connectivity index (χ1n) is 8.55. The Balaban J connectivity index is 1.63. The highest BCUT2D eigenvalue weighted by molar-refractivity contribution is 5.81. The van der Waals surface area contributed by atoms with Crippen molar-refractivity contribution in [3.63, 3.8) is 0 Å². The van der Waals surface area contributed by atoms with Crippen LogP contribution in [-0.4, -0.2) is 54.3 Å². The van der Waals surface area contributed by atoms with E-state index in [0.29, 0.717) is 12.1 Å². The molecule has 0 spiro atoms. The summed E-state index contributed by atoms with van der Waals surface area (Å²) >= 11 is 0. The summed E-state index contributed by atoms with van der Waals surface area (Å²) in [6, 6.07) is 9.08. The molecule has 23 heavy (non-hydrogen) atoms. The number of ether oxygens (including phenoxy) is 1. The van der Waals surface area contributed by atoms with Gasteiger partial charge in [-0.15, -0.1) is 0 Å². The van der Waals surface area contributed by atoms with Crippen molar-refractivity contribution in [1.82, 2.24) is 10.2 Å². The van der Waals surface area contributed by atoms with Crippen LogP contribution in [0, 0.1) is 0 Å². The Morgan fingerprint density at radius 2 is 1.87 bits per heavy atom. The summed E-state index contributed by atoms with van der Waals surface area (Å²) in [5, 5.41) is 13.2. The first kappa shape index (κ1) is 16.4. The molecule has 126 valence electrons. The van der Waals surface area contributed by atoms with Crippen molar-refractivity contribution in [3.05, 3.63) is 35.9 Å². The summed E-state index contributed by atoms with van der Waals surface area (Å²) in [4.78, 5) is 14.8. The molecule has 2 aliphatic rings. The molecule has 0 aromatic heterocycles. The lowest BCUT2D eigenvalue weighted by molar-refractivity contribution is -0.130. The number of carbonyl (C=O) groups is 1. The molecule has 2 heterocycles. The molecule has 1 aromatic rings. The molecule has 5 nitrogen and oxygen atoms in total. The molecule has 0 saturated carbocycles. The van der Waals surface area contributed by atoms with Gasteiger partial charge in [0.25, 0.3) is 5.91 Å². The molecule has 0 radical (unpaired) electrons. The molecule has 2 fully saturated rings. The lowest BCUT2D eigenvalue weighted by Crippen LogP contribution is -2.57. The predicted octanol–water partition coefficient (Wildman–Crippen LogP) is 1.48. The number of carbonyl (C=O) groups excluding carboxylic acids is 1. The quantitative estimate of drug-likeness (QED) is 0.863. The van der Waals surface area contributed by atoms with Gasteiger partial charge in [-0.25, -0.2) is 0 Å². The zero-order valence-corrected chi connectivity index (χ0v) is 13.5. The van der Waals surface area contributed by atoms with Crippen LogP contribution in [0.5, 0.6) is 0 Å². The Kier molecular flexibility index (Phi) is 5.30. The van der Waals surface area contributed by atoms with Gasteiger partial charge < -0.3 is 15.2 Å². The van der Waals surface area contributed by atoms with Crippen molar-refractivity contribution in [2.75, 3.05) is 32.8 Å². The van der Waals surface area contributed by atoms with Crippen LogP contribution in [-0.2, 0) is 9.53 Å². The van der Waals surface area contributed by atoms with Crippen LogP contribution in [0.25, 0.3) is 0 Å². The number of hydrogen-bond acceptors (Lipinski definition) is 4. The fourth-order valence-corrected chi connectivity index (χ4v) is 3.68. The average molecular weight is 318 g/mol. The lowest BCUT2D eigenvalue weighted by Gasteiger charge is -2.44. The van der Waals surface area contributed by atoms with Crippen LogP contribution in [0.2, 0.25) is 0 Å². The topological polar surface area (TPSA) is 61.8 Å². The Bertz CT molecular complexity index is 508. The van der Waals surface area contributed by atoms with E-state index in [1.165, 1.54) is 12.8 Å². The zero-order chi connectivity index (χ0) is 16.1. The van der Waals surface area contributed by atoms with Crippen molar-refractivity contribution < 1.29 is 14.6 Å². The van der Waals surface area contributed by atoms with Gasteiger partial charge in [0.1, 0.15) is 0 Å². The van der Waals surface area contributed by atoms with Gasteiger partial charge in [-0.3, -0.25) is 9.69 Å². The van der Waals surface area contributed by atoms with Gasteiger partial charge in [0, 0.05) is 25.3 Å². The third-order valence-electron chi connectivity index (χ3n) is 5.16. The summed E-state index contributed by atoms with van der Waals surface area (Å²) < 4.78 is 5.52. The first-order valence-corrected chi connectivity index (χ1v) is 8.55. The van der Waals surface area contributed by atoms with E-state index in [1.54, 1.807) is 12.1 Å². The standard InChI is InChI=1S/C18H26N2O3/c21-16(15-6-2-1-3-7-15)17(22)19-14-18(8-12-23-13-9-18)20-10-4-5-11-20/h1-3,6-7,16,21H,4-5,8-14H2,(H,19,22). The highest BCUT2D eigenvalue weighted by Crippen LogP contribution is 2.31. The SMILES string of the molecule is O=C(NCC1(N2CCCC2)CCOCC1)C(O)c1ccccc1. The second-order valence-electron chi connectivity index (χ2n) is 6.56. The molecule has 1 unspecified atom stereocenters. The number of nitrogens with one attached hydrogen (secondary N) is 1. The van der Waals surface area contributed by atoms with E-state index in [4.69, 9.17) is 4.74 Å². The van der Waals surface area contributed by atoms with Crippen LogP contribution < -0.4 is 5.32 Å². The smallest absolute Gasteiger partial charge is 0.253 e. The van der Waals surface area contributed by atoms with Crippen LogP contribution in [0.1, 0.15) is 37.4 Å². The van der Waals surface area contributed by atoms with Gasteiger partial charge in [0.2, 0.25) is 0 Å². The zero-order valence-electron chi connectivity index (χ0n) is 13.5. The molecule has 3 rings (SSSR count). The summed E-state index contributed by atoms with van der Waals surface area (Å²) in [5.74, 6) is -0.318. The molecule has 1 aromatic carbocycles. The molecule has 2 N–H and O–H groups in total. The van der Waals surface area contributed by atoms with Gasteiger partial charge in [-0.2, -0.15) is 0 Å². The molecule has 1 amide bonds. The van der Waals surface area contributed by atoms with Gasteiger partial charge in [0.15, 0.2) is 6.10 Å². The van der Waals surface area contributed by atoms with E-state index < -0.39 is 6.10 Å². The summed E-state index contributed by atoms with van der Waals surface area (Å²) in [7, 11) is 0. The minimum absolute atomic E-state index is 0.0131. The highest BCUT2D eigenvalue weighted by Gasteiger charge is 2.40. The first-order chi connectivity index (χ1) is 11.2. The van der Waals surface area contributed by atoms with Crippen LogP contribution >= 0.6 is 0 Å². The number of benzene rings is 1. The highest BCUT2D eigenvalue weighted by atomic mass is 16.5. The molecule has 5 heteroatoms. The molecule has 1 atom stereocenters. The minimum atomic E-state index is -1.10. The summed E-state index contributed by atoms with van der Waals surface area (Å²) in [6.07, 6.45) is 3.22. The predicted molar refractivity (Wildman–Crippen MR) is 88.0 cm³/mol. The van der Waals surface area contributed by atoms with Gasteiger partial charge in [-0.05, 0) is 44.3 Å². The number of amides is 1. The Labute approximate surface area is 137 Å². The maximum atomic E-state index is 12.3. The van der Waals surface area contributed by atoms with Crippen LogP contribution in [0.3, 0.4) is 0 Å². The second kappa shape index (κ2) is 7.43. The van der Waals surface area contributed by atoms with Gasteiger partial charge >= 0.3 is 0 Å². The number of hydrogen-bond donors (Lipinski definition) is 2. The second-order valence-corrected chi connectivity index (χ2v) is 6.56. The molecule has 2 saturated heterocycles. The Hall–Kier alpha value is -1.43. The van der Waals surface area contributed by atoms with Crippen molar-refractivity contribution in [2.45, 2.75) is 37.3 Å². The summed E-state index contributed by atoms with van der Waals surface area (Å²) in [5.41, 5.74) is 0.619. The fourth-order valence-electron chi connectivity index (χ4n) is 3.68. The Morgan fingerprint density at radius 3 is 2.52 bits per heavy atom. The molecular formula is C18H26N2O3. The Morgan fingerprint density at radius 1 is 1.22 bits per heavy atom. The maximum Gasteiger partial charge on any atom is 0.253 e. The molecule has 2 aliphatic heterocycles. The maximum absolute atomic E-state index is 12.3. The number of aliphatic hydroxyl groups excluding tert-OH is 1. The normalized spacial score (nSPS) is 22.7. The van der Waals surface area contributed by atoms with E-state index in [-0.39, 0.29) is 11.4 Å². The van der Waals surface area contributed by atoms with Crippen LogP contribution in [0.15, 0.2) is 30.3 Å². The largest absolute Gasteiger partial charge is 0.381 e. The molecule has 0 aliphatic carbocycles. The van der Waals surface area contributed by atoms with E-state index in [2.05, 4.69) is 10.2 Å². The number of rotatable bonds is 5. The van der Waals surface area contributed by atoms with E-state index in [9.17, 15) is 9.90 Å². The third-order valence-corrected chi connectivity index (χ3v) is 5.16. The van der Waals surface area contributed by atoms with Gasteiger partial charge in [0.05, 0.1) is 0 Å². The van der Waals surface area contributed by atoms with Crippen LogP contribution in [0.4, 0.5) is 0 Å². The van der Waals surface area contributed by atoms with E-state index in [1.807, 2.05) is 18.2 Å². The monoisotopic (exact) mass is 318 g/mol. The van der Waals surface area contributed by atoms with Crippen molar-refractivity contribution >= 4 is 5.91 Å². The third kappa shape index (κ3) is 3.74.